The van der Waals surface area contributed by atoms with E-state index in [-0.39, 0.29) is 35.7 Å². The third kappa shape index (κ3) is 4.54. The molecule has 0 aromatic heterocycles. The Labute approximate surface area is 200 Å². The monoisotopic (exact) mass is 485 g/mol. The van der Waals surface area contributed by atoms with E-state index in [1.165, 1.54) is 10.4 Å². The zero-order valence-electron chi connectivity index (χ0n) is 20.0. The fourth-order valence-corrected chi connectivity index (χ4v) is 6.24. The SMILES string of the molecule is CCc1cccc(C)c1NC(=O)C1CCN(S(=O)(=O)c2cc3c(cc2C)NC(=O)[C@@H](C)O3)CC1. The third-order valence-corrected chi connectivity index (χ3v) is 8.68. The first-order valence-electron chi connectivity index (χ1n) is 11.6. The molecule has 34 heavy (non-hydrogen) atoms. The number of benzene rings is 2. The van der Waals surface area contributed by atoms with Crippen LogP contribution < -0.4 is 15.4 Å². The number of rotatable bonds is 5. The van der Waals surface area contributed by atoms with Crippen molar-refractivity contribution in [3.05, 3.63) is 47.0 Å². The van der Waals surface area contributed by atoms with Crippen LogP contribution in [0.4, 0.5) is 11.4 Å². The van der Waals surface area contributed by atoms with E-state index < -0.39 is 16.1 Å². The van der Waals surface area contributed by atoms with Crippen molar-refractivity contribution in [1.82, 2.24) is 4.31 Å². The largest absolute Gasteiger partial charge is 0.479 e. The van der Waals surface area contributed by atoms with Crippen LogP contribution in [-0.4, -0.2) is 43.7 Å². The Bertz CT molecular complexity index is 1230. The first-order valence-corrected chi connectivity index (χ1v) is 13.1. The maximum absolute atomic E-state index is 13.4. The lowest BCUT2D eigenvalue weighted by Gasteiger charge is -2.32. The van der Waals surface area contributed by atoms with Gasteiger partial charge in [0.05, 0.1) is 10.6 Å². The van der Waals surface area contributed by atoms with Gasteiger partial charge in [-0.3, -0.25) is 9.59 Å². The van der Waals surface area contributed by atoms with Gasteiger partial charge in [0.1, 0.15) is 5.75 Å². The van der Waals surface area contributed by atoms with Crippen molar-refractivity contribution < 1.29 is 22.7 Å². The highest BCUT2D eigenvalue weighted by Gasteiger charge is 2.34. The van der Waals surface area contributed by atoms with Crippen molar-refractivity contribution in [2.24, 2.45) is 5.92 Å². The summed E-state index contributed by atoms with van der Waals surface area (Å²) in [5.74, 6) is -0.237. The number of nitrogens with zero attached hydrogens (tertiary/aromatic N) is 1. The van der Waals surface area contributed by atoms with Gasteiger partial charge in [-0.05, 0) is 62.8 Å². The van der Waals surface area contributed by atoms with Crippen LogP contribution in [0.3, 0.4) is 0 Å². The fourth-order valence-electron chi connectivity index (χ4n) is 4.55. The lowest BCUT2D eigenvalue weighted by Crippen LogP contribution is -2.41. The molecule has 182 valence electrons. The summed E-state index contributed by atoms with van der Waals surface area (Å²) in [5, 5.41) is 5.82. The maximum Gasteiger partial charge on any atom is 0.265 e. The second kappa shape index (κ2) is 9.38. The molecule has 0 bridgehead atoms. The lowest BCUT2D eigenvalue weighted by atomic mass is 9.96. The summed E-state index contributed by atoms with van der Waals surface area (Å²) in [4.78, 5) is 25.0. The summed E-state index contributed by atoms with van der Waals surface area (Å²) in [5.41, 5.74) is 3.96. The van der Waals surface area contributed by atoms with Gasteiger partial charge in [0, 0.05) is 30.8 Å². The molecule has 2 amide bonds. The van der Waals surface area contributed by atoms with Crippen LogP contribution in [0.15, 0.2) is 35.2 Å². The van der Waals surface area contributed by atoms with Crippen LogP contribution >= 0.6 is 0 Å². The van der Waals surface area contributed by atoms with Gasteiger partial charge in [-0.1, -0.05) is 25.1 Å². The lowest BCUT2D eigenvalue weighted by molar-refractivity contribution is -0.123. The van der Waals surface area contributed by atoms with E-state index >= 15 is 0 Å². The van der Waals surface area contributed by atoms with Crippen molar-refractivity contribution in [3.8, 4) is 5.75 Å². The van der Waals surface area contributed by atoms with Crippen LogP contribution in [0.2, 0.25) is 0 Å². The number of amides is 2. The normalized spacial score (nSPS) is 19.2. The molecule has 0 radical (unpaired) electrons. The molecule has 1 saturated heterocycles. The molecule has 8 nitrogen and oxygen atoms in total. The number of para-hydroxylation sites is 1. The molecule has 1 fully saturated rings. The molecule has 0 unspecified atom stereocenters. The first kappa shape index (κ1) is 24.2. The molecule has 2 aliphatic rings. The molecule has 2 heterocycles. The summed E-state index contributed by atoms with van der Waals surface area (Å²) in [6.45, 7) is 7.86. The summed E-state index contributed by atoms with van der Waals surface area (Å²) < 4.78 is 33.9. The van der Waals surface area contributed by atoms with Crippen molar-refractivity contribution in [1.29, 1.82) is 0 Å². The number of aryl methyl sites for hydroxylation is 3. The average molecular weight is 486 g/mol. The number of anilines is 2. The van der Waals surface area contributed by atoms with E-state index in [2.05, 4.69) is 17.6 Å². The van der Waals surface area contributed by atoms with Crippen LogP contribution in [-0.2, 0) is 26.0 Å². The van der Waals surface area contributed by atoms with E-state index in [1.807, 2.05) is 25.1 Å². The highest BCUT2D eigenvalue weighted by Crippen LogP contribution is 2.36. The molecule has 2 aromatic carbocycles. The Morgan fingerprint density at radius 1 is 1.18 bits per heavy atom. The minimum atomic E-state index is -3.77. The van der Waals surface area contributed by atoms with E-state index in [0.717, 1.165) is 23.2 Å². The van der Waals surface area contributed by atoms with E-state index in [0.29, 0.717) is 29.8 Å². The highest BCUT2D eigenvalue weighted by molar-refractivity contribution is 7.89. The quantitative estimate of drug-likeness (QED) is 0.673. The smallest absolute Gasteiger partial charge is 0.265 e. The van der Waals surface area contributed by atoms with Gasteiger partial charge in [0.2, 0.25) is 15.9 Å². The van der Waals surface area contributed by atoms with Crippen molar-refractivity contribution in [2.45, 2.75) is 58.0 Å². The van der Waals surface area contributed by atoms with E-state index in [9.17, 15) is 18.0 Å². The first-order chi connectivity index (χ1) is 16.1. The van der Waals surface area contributed by atoms with Crippen molar-refractivity contribution in [3.63, 3.8) is 0 Å². The van der Waals surface area contributed by atoms with Crippen LogP contribution in [0.25, 0.3) is 0 Å². The molecule has 2 aromatic rings. The maximum atomic E-state index is 13.4. The van der Waals surface area contributed by atoms with Crippen LogP contribution in [0, 0.1) is 19.8 Å². The third-order valence-electron chi connectivity index (χ3n) is 6.64. The Morgan fingerprint density at radius 3 is 2.56 bits per heavy atom. The zero-order valence-corrected chi connectivity index (χ0v) is 20.8. The van der Waals surface area contributed by atoms with Gasteiger partial charge in [0.15, 0.2) is 6.10 Å². The minimum Gasteiger partial charge on any atom is -0.479 e. The zero-order chi connectivity index (χ0) is 24.6. The number of hydrogen-bond donors (Lipinski definition) is 2. The Hall–Kier alpha value is -2.91. The highest BCUT2D eigenvalue weighted by atomic mass is 32.2. The van der Waals surface area contributed by atoms with Gasteiger partial charge in [-0.15, -0.1) is 0 Å². The molecule has 0 spiro atoms. The molecule has 2 aliphatic heterocycles. The molecular weight excluding hydrogens is 454 g/mol. The van der Waals surface area contributed by atoms with E-state index in [4.69, 9.17) is 4.74 Å². The minimum absolute atomic E-state index is 0.0656. The topological polar surface area (TPSA) is 105 Å². The fraction of sp³-hybridized carbons (Fsp3) is 0.440. The van der Waals surface area contributed by atoms with Crippen LogP contribution in [0.1, 0.15) is 43.4 Å². The number of nitrogens with one attached hydrogen (secondary N) is 2. The van der Waals surface area contributed by atoms with Gasteiger partial charge in [-0.2, -0.15) is 4.31 Å². The predicted molar refractivity (Wildman–Crippen MR) is 131 cm³/mol. The molecular formula is C25H31N3O5S. The van der Waals surface area contributed by atoms with E-state index in [1.54, 1.807) is 19.9 Å². The number of hydrogen-bond acceptors (Lipinski definition) is 5. The van der Waals surface area contributed by atoms with Gasteiger partial charge in [0.25, 0.3) is 5.91 Å². The summed E-state index contributed by atoms with van der Waals surface area (Å²) in [6.07, 6.45) is 1.03. The van der Waals surface area contributed by atoms with Gasteiger partial charge >= 0.3 is 0 Å². The number of ether oxygens (including phenoxy) is 1. The molecule has 1 atom stereocenters. The van der Waals surface area contributed by atoms with Gasteiger partial charge < -0.3 is 15.4 Å². The Morgan fingerprint density at radius 2 is 1.88 bits per heavy atom. The Kier molecular flexibility index (Phi) is 6.69. The van der Waals surface area contributed by atoms with Crippen LogP contribution in [0.5, 0.6) is 5.75 Å². The average Bonchev–Trinajstić information content (AvgIpc) is 2.81. The number of carbonyl (C=O) groups excluding carboxylic acids is 2. The van der Waals surface area contributed by atoms with Crippen molar-refractivity contribution >= 4 is 33.2 Å². The molecule has 9 heteroatoms. The molecule has 0 saturated carbocycles. The summed E-state index contributed by atoms with van der Waals surface area (Å²) in [7, 11) is -3.77. The molecule has 2 N–H and O–H groups in total. The van der Waals surface area contributed by atoms with Gasteiger partial charge in [-0.25, -0.2) is 8.42 Å². The summed E-state index contributed by atoms with van der Waals surface area (Å²) in [6, 6.07) is 9.07. The predicted octanol–water partition coefficient (Wildman–Crippen LogP) is 3.62. The second-order valence-electron chi connectivity index (χ2n) is 8.99. The number of sulfonamides is 1. The second-order valence-corrected chi connectivity index (χ2v) is 10.9. The summed E-state index contributed by atoms with van der Waals surface area (Å²) >= 11 is 0. The number of piperidine rings is 1. The molecule has 0 aliphatic carbocycles. The standard InChI is InChI=1S/C25H31N3O5S/c1-5-18-8-6-7-15(2)23(18)27-25(30)19-9-11-28(12-10-19)34(31,32)22-14-21-20(13-16(22)3)26-24(29)17(4)33-21/h6-8,13-14,17,19H,5,9-12H2,1-4H3,(H,26,29)(H,27,30)/t17-/m1/s1. The van der Waals surface area contributed by atoms with Crippen molar-refractivity contribution in [2.75, 3.05) is 23.7 Å². The molecule has 4 rings (SSSR count). The Balaban J connectivity index is 1.47. The number of carbonyl (C=O) groups is 2. The number of fused-ring (bicyclic) bond motifs is 1.